The highest BCUT2D eigenvalue weighted by Crippen LogP contribution is 2.14. The van der Waals surface area contributed by atoms with Gasteiger partial charge in [-0.25, -0.2) is 0 Å². The Morgan fingerprint density at radius 3 is 2.65 bits per heavy atom. The fraction of sp³-hybridized carbons (Fsp3) is 0.250. The molecule has 0 atom stereocenters. The zero-order chi connectivity index (χ0) is 14.2. The van der Waals surface area contributed by atoms with Gasteiger partial charge in [-0.1, -0.05) is 25.1 Å². The number of nitrogens with zero attached hydrogens (tertiary/aromatic N) is 1. The van der Waals surface area contributed by atoms with E-state index in [2.05, 4.69) is 28.6 Å². The standard InChI is InChI=1S/C16H19N3O/c1-2-14-5-3-4-6-15(14)18-12-16(20)19-11-13-7-9-17-10-8-13/h3-10,18H,2,11-12H2,1H3,(H,19,20). The lowest BCUT2D eigenvalue weighted by Crippen LogP contribution is -2.29. The van der Waals surface area contributed by atoms with Crippen molar-refractivity contribution in [2.24, 2.45) is 0 Å². The van der Waals surface area contributed by atoms with Crippen LogP contribution in [0.25, 0.3) is 0 Å². The number of anilines is 1. The van der Waals surface area contributed by atoms with Gasteiger partial charge in [0.2, 0.25) is 5.91 Å². The molecule has 0 radical (unpaired) electrons. The van der Waals surface area contributed by atoms with E-state index in [1.54, 1.807) is 12.4 Å². The number of para-hydroxylation sites is 1. The van der Waals surface area contributed by atoms with Gasteiger partial charge in [0.1, 0.15) is 0 Å². The molecule has 0 aliphatic carbocycles. The number of carbonyl (C=O) groups excluding carboxylic acids is 1. The van der Waals surface area contributed by atoms with Gasteiger partial charge in [-0.3, -0.25) is 9.78 Å². The number of amides is 1. The van der Waals surface area contributed by atoms with Gasteiger partial charge < -0.3 is 10.6 Å². The van der Waals surface area contributed by atoms with Crippen LogP contribution in [0.5, 0.6) is 0 Å². The van der Waals surface area contributed by atoms with Gasteiger partial charge in [0.25, 0.3) is 0 Å². The molecule has 1 amide bonds. The molecule has 0 fully saturated rings. The van der Waals surface area contributed by atoms with Gasteiger partial charge in [0.15, 0.2) is 0 Å². The monoisotopic (exact) mass is 269 g/mol. The first kappa shape index (κ1) is 14.1. The second-order valence-electron chi connectivity index (χ2n) is 4.50. The van der Waals surface area contributed by atoms with Crippen LogP contribution >= 0.6 is 0 Å². The van der Waals surface area contributed by atoms with Crippen molar-refractivity contribution in [2.45, 2.75) is 19.9 Å². The van der Waals surface area contributed by atoms with E-state index in [0.717, 1.165) is 17.7 Å². The third kappa shape index (κ3) is 4.09. The van der Waals surface area contributed by atoms with E-state index in [1.165, 1.54) is 5.56 Å². The number of aryl methyl sites for hydroxylation is 1. The largest absolute Gasteiger partial charge is 0.376 e. The van der Waals surface area contributed by atoms with Crippen LogP contribution in [0.4, 0.5) is 5.69 Å². The van der Waals surface area contributed by atoms with Crippen LogP contribution in [0, 0.1) is 0 Å². The molecule has 1 aromatic heterocycles. The van der Waals surface area contributed by atoms with Crippen molar-refractivity contribution in [3.8, 4) is 0 Å². The minimum atomic E-state index is -0.0206. The Hall–Kier alpha value is -2.36. The van der Waals surface area contributed by atoms with Gasteiger partial charge in [-0.15, -0.1) is 0 Å². The number of aromatic nitrogens is 1. The lowest BCUT2D eigenvalue weighted by atomic mass is 10.1. The molecule has 4 heteroatoms. The van der Waals surface area contributed by atoms with Crippen molar-refractivity contribution < 1.29 is 4.79 Å². The minimum absolute atomic E-state index is 0.0206. The first-order valence-electron chi connectivity index (χ1n) is 6.77. The third-order valence-corrected chi connectivity index (χ3v) is 3.08. The smallest absolute Gasteiger partial charge is 0.239 e. The SMILES string of the molecule is CCc1ccccc1NCC(=O)NCc1ccncc1. The van der Waals surface area contributed by atoms with Crippen molar-refractivity contribution >= 4 is 11.6 Å². The number of nitrogens with one attached hydrogen (secondary N) is 2. The van der Waals surface area contributed by atoms with Gasteiger partial charge >= 0.3 is 0 Å². The number of pyridine rings is 1. The van der Waals surface area contributed by atoms with Crippen LogP contribution in [0.3, 0.4) is 0 Å². The second-order valence-corrected chi connectivity index (χ2v) is 4.50. The predicted octanol–water partition coefficient (Wildman–Crippen LogP) is 2.37. The Labute approximate surface area is 119 Å². The molecule has 2 rings (SSSR count). The topological polar surface area (TPSA) is 54.0 Å². The number of hydrogen-bond donors (Lipinski definition) is 2. The van der Waals surface area contributed by atoms with Gasteiger partial charge in [-0.2, -0.15) is 0 Å². The first-order chi connectivity index (χ1) is 9.79. The molecule has 4 nitrogen and oxygen atoms in total. The van der Waals surface area contributed by atoms with E-state index in [9.17, 15) is 4.79 Å². The fourth-order valence-corrected chi connectivity index (χ4v) is 1.94. The normalized spacial score (nSPS) is 10.1. The number of rotatable bonds is 6. The Morgan fingerprint density at radius 2 is 1.90 bits per heavy atom. The zero-order valence-corrected chi connectivity index (χ0v) is 11.6. The molecule has 2 aromatic rings. The summed E-state index contributed by atoms with van der Waals surface area (Å²) in [6.07, 6.45) is 4.39. The van der Waals surface area contributed by atoms with Crippen molar-refractivity contribution in [3.63, 3.8) is 0 Å². The van der Waals surface area contributed by atoms with Gasteiger partial charge in [-0.05, 0) is 35.7 Å². The Balaban J connectivity index is 1.80. The highest BCUT2D eigenvalue weighted by molar-refractivity contribution is 5.80. The number of carbonyl (C=O) groups is 1. The molecule has 1 heterocycles. The van der Waals surface area contributed by atoms with Crippen LogP contribution in [0.2, 0.25) is 0 Å². The molecule has 0 bridgehead atoms. The summed E-state index contributed by atoms with van der Waals surface area (Å²) < 4.78 is 0. The maximum atomic E-state index is 11.8. The van der Waals surface area contributed by atoms with E-state index in [0.29, 0.717) is 6.54 Å². The molecular formula is C16H19N3O. The summed E-state index contributed by atoms with van der Waals surface area (Å²) in [4.78, 5) is 15.7. The Kier molecular flexibility index (Phi) is 5.12. The molecule has 104 valence electrons. The quantitative estimate of drug-likeness (QED) is 0.846. The highest BCUT2D eigenvalue weighted by Gasteiger charge is 2.03. The maximum absolute atomic E-state index is 11.8. The average Bonchev–Trinajstić information content (AvgIpc) is 2.52. The molecule has 1 aromatic carbocycles. The van der Waals surface area contributed by atoms with Crippen molar-refractivity contribution in [1.82, 2.24) is 10.3 Å². The first-order valence-corrected chi connectivity index (χ1v) is 6.77. The predicted molar refractivity (Wildman–Crippen MR) is 80.4 cm³/mol. The summed E-state index contributed by atoms with van der Waals surface area (Å²) in [6, 6.07) is 11.8. The van der Waals surface area contributed by atoms with E-state index in [4.69, 9.17) is 0 Å². The van der Waals surface area contributed by atoms with Crippen LogP contribution in [0.15, 0.2) is 48.8 Å². The molecule has 2 N–H and O–H groups in total. The van der Waals surface area contributed by atoms with Crippen molar-refractivity contribution in [3.05, 3.63) is 59.9 Å². The highest BCUT2D eigenvalue weighted by atomic mass is 16.1. The summed E-state index contributed by atoms with van der Waals surface area (Å²) >= 11 is 0. The Bertz CT molecular complexity index is 555. The van der Waals surface area contributed by atoms with Gasteiger partial charge in [0, 0.05) is 24.6 Å². The lowest BCUT2D eigenvalue weighted by Gasteiger charge is -2.11. The fourth-order valence-electron chi connectivity index (χ4n) is 1.94. The molecule has 0 saturated carbocycles. The molecule has 0 spiro atoms. The molecule has 0 saturated heterocycles. The molecule has 20 heavy (non-hydrogen) atoms. The summed E-state index contributed by atoms with van der Waals surface area (Å²) in [5.41, 5.74) is 3.28. The Morgan fingerprint density at radius 1 is 1.15 bits per heavy atom. The summed E-state index contributed by atoms with van der Waals surface area (Å²) in [5.74, 6) is -0.0206. The minimum Gasteiger partial charge on any atom is -0.376 e. The van der Waals surface area contributed by atoms with E-state index < -0.39 is 0 Å². The van der Waals surface area contributed by atoms with E-state index in [1.807, 2.05) is 30.3 Å². The number of hydrogen-bond acceptors (Lipinski definition) is 3. The van der Waals surface area contributed by atoms with E-state index in [-0.39, 0.29) is 12.5 Å². The van der Waals surface area contributed by atoms with Crippen LogP contribution in [0.1, 0.15) is 18.1 Å². The van der Waals surface area contributed by atoms with Crippen molar-refractivity contribution in [2.75, 3.05) is 11.9 Å². The maximum Gasteiger partial charge on any atom is 0.239 e. The molecule has 0 aliphatic heterocycles. The summed E-state index contributed by atoms with van der Waals surface area (Å²) in [5, 5.41) is 6.05. The second kappa shape index (κ2) is 7.28. The third-order valence-electron chi connectivity index (χ3n) is 3.08. The van der Waals surface area contributed by atoms with Crippen LogP contribution < -0.4 is 10.6 Å². The summed E-state index contributed by atoms with van der Waals surface area (Å²) in [6.45, 7) is 2.91. The molecule has 0 unspecified atom stereocenters. The molecular weight excluding hydrogens is 250 g/mol. The van der Waals surface area contributed by atoms with Crippen molar-refractivity contribution in [1.29, 1.82) is 0 Å². The van der Waals surface area contributed by atoms with Gasteiger partial charge in [0.05, 0.1) is 6.54 Å². The lowest BCUT2D eigenvalue weighted by molar-refractivity contribution is -0.119. The van der Waals surface area contributed by atoms with E-state index >= 15 is 0 Å². The average molecular weight is 269 g/mol. The van der Waals surface area contributed by atoms with Crippen LogP contribution in [-0.4, -0.2) is 17.4 Å². The van der Waals surface area contributed by atoms with Crippen LogP contribution in [-0.2, 0) is 17.8 Å². The number of benzene rings is 1. The summed E-state index contributed by atoms with van der Waals surface area (Å²) in [7, 11) is 0. The zero-order valence-electron chi connectivity index (χ0n) is 11.6. The molecule has 0 aliphatic rings.